The van der Waals surface area contributed by atoms with Gasteiger partial charge in [-0.2, -0.15) is 0 Å². The van der Waals surface area contributed by atoms with Gasteiger partial charge in [0.05, 0.1) is 17.4 Å². The maximum atomic E-state index is 12.8. The first-order chi connectivity index (χ1) is 13.6. The molecule has 1 amide bonds. The van der Waals surface area contributed by atoms with Crippen molar-refractivity contribution in [1.82, 2.24) is 4.98 Å². The number of carboxylic acids is 1. The van der Waals surface area contributed by atoms with Gasteiger partial charge in [0.1, 0.15) is 12.4 Å². The van der Waals surface area contributed by atoms with Crippen molar-refractivity contribution in [2.24, 2.45) is 0 Å². The van der Waals surface area contributed by atoms with Gasteiger partial charge < -0.3 is 15.2 Å². The second-order valence-corrected chi connectivity index (χ2v) is 5.90. The molecule has 0 spiro atoms. The van der Waals surface area contributed by atoms with Crippen LogP contribution < -0.4 is 10.1 Å². The SMILES string of the molecule is O=C(O)/C=C\c1ccc(OCc2ccccc2)c(C(=O)Nc2cccnc2)c1. The first-order valence-corrected chi connectivity index (χ1v) is 8.55. The van der Waals surface area contributed by atoms with E-state index in [0.29, 0.717) is 29.2 Å². The fourth-order valence-corrected chi connectivity index (χ4v) is 2.49. The maximum absolute atomic E-state index is 12.8. The summed E-state index contributed by atoms with van der Waals surface area (Å²) >= 11 is 0. The van der Waals surface area contributed by atoms with Gasteiger partial charge >= 0.3 is 5.97 Å². The van der Waals surface area contributed by atoms with E-state index >= 15 is 0 Å². The Kier molecular flexibility index (Phi) is 6.15. The summed E-state index contributed by atoms with van der Waals surface area (Å²) in [6.45, 7) is 0.304. The number of nitrogens with one attached hydrogen (secondary N) is 1. The molecule has 0 saturated heterocycles. The van der Waals surface area contributed by atoms with E-state index in [1.807, 2.05) is 30.3 Å². The molecule has 1 aromatic heterocycles. The molecule has 3 rings (SSSR count). The number of amides is 1. The summed E-state index contributed by atoms with van der Waals surface area (Å²) in [6, 6.07) is 18.0. The first kappa shape index (κ1) is 18.8. The molecule has 0 aliphatic carbocycles. The van der Waals surface area contributed by atoms with E-state index in [4.69, 9.17) is 9.84 Å². The van der Waals surface area contributed by atoms with Crippen LogP contribution in [0, 0.1) is 0 Å². The average Bonchev–Trinajstić information content (AvgIpc) is 2.72. The molecule has 3 aromatic rings. The molecule has 0 bridgehead atoms. The highest BCUT2D eigenvalue weighted by Crippen LogP contribution is 2.23. The summed E-state index contributed by atoms with van der Waals surface area (Å²) in [6.07, 6.45) is 5.59. The zero-order chi connectivity index (χ0) is 19.8. The minimum atomic E-state index is -1.06. The molecule has 140 valence electrons. The second-order valence-electron chi connectivity index (χ2n) is 5.90. The predicted molar refractivity (Wildman–Crippen MR) is 106 cm³/mol. The largest absolute Gasteiger partial charge is 0.488 e. The summed E-state index contributed by atoms with van der Waals surface area (Å²) in [5, 5.41) is 11.6. The zero-order valence-corrected chi connectivity index (χ0v) is 14.9. The number of hydrogen-bond acceptors (Lipinski definition) is 4. The molecule has 0 saturated carbocycles. The zero-order valence-electron chi connectivity index (χ0n) is 14.9. The van der Waals surface area contributed by atoms with E-state index in [1.54, 1.807) is 36.5 Å². The summed E-state index contributed by atoms with van der Waals surface area (Å²) in [5.41, 5.74) is 2.39. The molecule has 0 aliphatic rings. The van der Waals surface area contributed by atoms with Crippen molar-refractivity contribution in [1.29, 1.82) is 0 Å². The van der Waals surface area contributed by atoms with Gasteiger partial charge in [0.15, 0.2) is 0 Å². The van der Waals surface area contributed by atoms with Crippen LogP contribution in [0.1, 0.15) is 21.5 Å². The number of benzene rings is 2. The Bertz CT molecular complexity index is 986. The summed E-state index contributed by atoms with van der Waals surface area (Å²) in [7, 11) is 0. The highest BCUT2D eigenvalue weighted by atomic mass is 16.5. The van der Waals surface area contributed by atoms with Crippen molar-refractivity contribution in [2.45, 2.75) is 6.61 Å². The second kappa shape index (κ2) is 9.14. The quantitative estimate of drug-likeness (QED) is 0.610. The van der Waals surface area contributed by atoms with Gasteiger partial charge in [0.25, 0.3) is 5.91 Å². The van der Waals surface area contributed by atoms with Crippen LogP contribution in [-0.2, 0) is 11.4 Å². The fourth-order valence-electron chi connectivity index (χ4n) is 2.49. The number of aliphatic carboxylic acids is 1. The molecular formula is C22H18N2O4. The first-order valence-electron chi connectivity index (χ1n) is 8.55. The molecule has 0 atom stereocenters. The van der Waals surface area contributed by atoms with Gasteiger partial charge in [0, 0.05) is 12.3 Å². The van der Waals surface area contributed by atoms with E-state index in [-0.39, 0.29) is 5.91 Å². The Hall–Kier alpha value is -3.93. The van der Waals surface area contributed by atoms with Gasteiger partial charge in [-0.15, -0.1) is 0 Å². The topological polar surface area (TPSA) is 88.5 Å². The van der Waals surface area contributed by atoms with Crippen LogP contribution in [0.15, 0.2) is 79.1 Å². The van der Waals surface area contributed by atoms with Crippen molar-refractivity contribution in [3.8, 4) is 5.75 Å². The van der Waals surface area contributed by atoms with Gasteiger partial charge in [0.2, 0.25) is 0 Å². The van der Waals surface area contributed by atoms with Crippen LogP contribution in [0.3, 0.4) is 0 Å². The van der Waals surface area contributed by atoms with Gasteiger partial charge in [-0.05, 0) is 41.5 Å². The Morgan fingerprint density at radius 2 is 1.89 bits per heavy atom. The Morgan fingerprint density at radius 1 is 1.07 bits per heavy atom. The third-order valence-corrected chi connectivity index (χ3v) is 3.82. The molecule has 6 heteroatoms. The van der Waals surface area contributed by atoms with E-state index < -0.39 is 5.97 Å². The molecule has 2 N–H and O–H groups in total. The normalized spacial score (nSPS) is 10.6. The molecule has 0 radical (unpaired) electrons. The molecule has 0 fully saturated rings. The minimum Gasteiger partial charge on any atom is -0.488 e. The van der Waals surface area contributed by atoms with Gasteiger partial charge in [-0.3, -0.25) is 9.78 Å². The maximum Gasteiger partial charge on any atom is 0.328 e. The number of nitrogens with zero attached hydrogens (tertiary/aromatic N) is 1. The lowest BCUT2D eigenvalue weighted by Crippen LogP contribution is -2.14. The van der Waals surface area contributed by atoms with E-state index in [2.05, 4.69) is 10.3 Å². The van der Waals surface area contributed by atoms with Crippen LogP contribution in [0.25, 0.3) is 6.08 Å². The van der Waals surface area contributed by atoms with Crippen LogP contribution in [0.2, 0.25) is 0 Å². The number of carbonyl (C=O) groups is 2. The average molecular weight is 374 g/mol. The number of hydrogen-bond donors (Lipinski definition) is 2. The van der Waals surface area contributed by atoms with Crippen LogP contribution in [0.5, 0.6) is 5.75 Å². The van der Waals surface area contributed by atoms with E-state index in [9.17, 15) is 9.59 Å². The monoisotopic (exact) mass is 374 g/mol. The summed E-state index contributed by atoms with van der Waals surface area (Å²) in [5.74, 6) is -1.04. The highest BCUT2D eigenvalue weighted by Gasteiger charge is 2.14. The number of pyridine rings is 1. The predicted octanol–water partition coefficient (Wildman–Crippen LogP) is 4.01. The summed E-state index contributed by atoms with van der Waals surface area (Å²) < 4.78 is 5.85. The number of aromatic nitrogens is 1. The highest BCUT2D eigenvalue weighted by molar-refractivity contribution is 6.06. The third-order valence-electron chi connectivity index (χ3n) is 3.82. The number of carboxylic acid groups (broad SMARTS) is 1. The van der Waals surface area contributed by atoms with Crippen molar-refractivity contribution in [3.05, 3.63) is 95.8 Å². The number of anilines is 1. The third kappa shape index (κ3) is 5.28. The van der Waals surface area contributed by atoms with Crippen molar-refractivity contribution >= 4 is 23.6 Å². The van der Waals surface area contributed by atoms with Gasteiger partial charge in [-0.1, -0.05) is 36.4 Å². The fraction of sp³-hybridized carbons (Fsp3) is 0.0455. The van der Waals surface area contributed by atoms with E-state index in [1.165, 1.54) is 12.3 Å². The van der Waals surface area contributed by atoms with Crippen LogP contribution in [0.4, 0.5) is 5.69 Å². The van der Waals surface area contributed by atoms with Crippen molar-refractivity contribution < 1.29 is 19.4 Å². The molecule has 0 aliphatic heterocycles. The Morgan fingerprint density at radius 3 is 2.61 bits per heavy atom. The molecule has 28 heavy (non-hydrogen) atoms. The number of rotatable bonds is 7. The Labute approximate surface area is 162 Å². The van der Waals surface area contributed by atoms with E-state index in [0.717, 1.165) is 11.6 Å². The van der Waals surface area contributed by atoms with Crippen LogP contribution >= 0.6 is 0 Å². The van der Waals surface area contributed by atoms with Crippen LogP contribution in [-0.4, -0.2) is 22.0 Å². The van der Waals surface area contributed by atoms with Crippen molar-refractivity contribution in [2.75, 3.05) is 5.32 Å². The Balaban J connectivity index is 1.86. The molecular weight excluding hydrogens is 356 g/mol. The standard InChI is InChI=1S/C22H18N2O4/c25-21(26)11-9-16-8-10-20(28-15-17-5-2-1-3-6-17)19(13-16)22(27)24-18-7-4-12-23-14-18/h1-14H,15H2,(H,24,27)(H,25,26)/b11-9-. The molecule has 0 unspecified atom stereocenters. The molecule has 2 aromatic carbocycles. The summed E-state index contributed by atoms with van der Waals surface area (Å²) in [4.78, 5) is 27.5. The smallest absolute Gasteiger partial charge is 0.328 e. The molecule has 6 nitrogen and oxygen atoms in total. The lowest BCUT2D eigenvalue weighted by Gasteiger charge is -2.13. The number of ether oxygens (including phenoxy) is 1. The minimum absolute atomic E-state index is 0.298. The lowest BCUT2D eigenvalue weighted by molar-refractivity contribution is -0.131. The van der Waals surface area contributed by atoms with Gasteiger partial charge in [-0.25, -0.2) is 4.79 Å². The number of carbonyl (C=O) groups excluding carboxylic acids is 1. The van der Waals surface area contributed by atoms with Crippen molar-refractivity contribution in [3.63, 3.8) is 0 Å². The molecule has 1 heterocycles. The lowest BCUT2D eigenvalue weighted by atomic mass is 10.1.